The van der Waals surface area contributed by atoms with Gasteiger partial charge in [-0.2, -0.15) is 0 Å². The van der Waals surface area contributed by atoms with Gasteiger partial charge in [0, 0.05) is 5.69 Å². The number of fused-ring (bicyclic) bond motifs is 1. The fraction of sp³-hybridized carbons (Fsp3) is 0.105. The van der Waals surface area contributed by atoms with Crippen molar-refractivity contribution in [2.75, 3.05) is 5.73 Å². The minimum atomic E-state index is -0.234. The van der Waals surface area contributed by atoms with Crippen LogP contribution in [0.3, 0.4) is 0 Å². The largest absolute Gasteiger partial charge is 0.399 e. The minimum Gasteiger partial charge on any atom is -0.399 e. The van der Waals surface area contributed by atoms with Gasteiger partial charge in [-0.15, -0.1) is 0 Å². The molecule has 0 saturated heterocycles. The number of amides is 1. The molecule has 1 atom stereocenters. The van der Waals surface area contributed by atoms with E-state index in [0.29, 0.717) is 16.3 Å². The molecule has 0 saturated carbocycles. The van der Waals surface area contributed by atoms with E-state index in [1.54, 1.807) is 18.2 Å². The number of carbonyl (C=O) groups is 1. The van der Waals surface area contributed by atoms with E-state index >= 15 is 0 Å². The van der Waals surface area contributed by atoms with Crippen molar-refractivity contribution in [2.45, 2.75) is 13.0 Å². The molecule has 1 amide bonds. The van der Waals surface area contributed by atoms with Gasteiger partial charge in [0.1, 0.15) is 0 Å². The summed E-state index contributed by atoms with van der Waals surface area (Å²) in [6.07, 6.45) is 0. The van der Waals surface area contributed by atoms with Crippen LogP contribution in [-0.2, 0) is 0 Å². The van der Waals surface area contributed by atoms with Gasteiger partial charge in [-0.1, -0.05) is 54.1 Å². The summed E-state index contributed by atoms with van der Waals surface area (Å²) in [4.78, 5) is 12.5. The van der Waals surface area contributed by atoms with Crippen LogP contribution in [0.4, 0.5) is 5.69 Å². The molecule has 0 aliphatic carbocycles. The number of nitrogens with two attached hydrogens (primary N) is 1. The number of rotatable bonds is 3. The van der Waals surface area contributed by atoms with Crippen LogP contribution in [-0.4, -0.2) is 5.91 Å². The Bertz CT molecular complexity index is 871. The lowest BCUT2D eigenvalue weighted by Gasteiger charge is -2.17. The molecule has 116 valence electrons. The quantitative estimate of drug-likeness (QED) is 0.693. The van der Waals surface area contributed by atoms with E-state index in [9.17, 15) is 4.79 Å². The Balaban J connectivity index is 1.90. The summed E-state index contributed by atoms with van der Waals surface area (Å²) in [7, 11) is 0. The Labute approximate surface area is 140 Å². The zero-order valence-corrected chi connectivity index (χ0v) is 13.5. The molecule has 0 fully saturated rings. The average Bonchev–Trinajstić information content (AvgIpc) is 2.56. The van der Waals surface area contributed by atoms with E-state index < -0.39 is 0 Å². The zero-order valence-electron chi connectivity index (χ0n) is 12.7. The molecular weight excluding hydrogens is 308 g/mol. The van der Waals surface area contributed by atoms with Gasteiger partial charge >= 0.3 is 0 Å². The lowest BCUT2D eigenvalue weighted by atomic mass is 9.99. The number of hydrogen-bond donors (Lipinski definition) is 2. The van der Waals surface area contributed by atoms with Crippen molar-refractivity contribution in [1.82, 2.24) is 5.32 Å². The van der Waals surface area contributed by atoms with E-state index in [4.69, 9.17) is 17.3 Å². The molecule has 23 heavy (non-hydrogen) atoms. The highest BCUT2D eigenvalue weighted by Gasteiger charge is 2.16. The molecule has 0 aliphatic rings. The van der Waals surface area contributed by atoms with E-state index in [2.05, 4.69) is 23.5 Å². The summed E-state index contributed by atoms with van der Waals surface area (Å²) in [6.45, 7) is 1.96. The topological polar surface area (TPSA) is 55.1 Å². The molecule has 0 aromatic heterocycles. The number of benzene rings is 3. The molecular formula is C19H17ClN2O. The number of halogens is 1. The summed E-state index contributed by atoms with van der Waals surface area (Å²) in [5, 5.41) is 5.66. The third-order valence-electron chi connectivity index (χ3n) is 3.87. The average molecular weight is 325 g/mol. The predicted molar refractivity (Wildman–Crippen MR) is 95.7 cm³/mol. The van der Waals surface area contributed by atoms with E-state index in [1.807, 2.05) is 31.2 Å². The minimum absolute atomic E-state index is 0.147. The van der Waals surface area contributed by atoms with Crippen LogP contribution in [0.2, 0.25) is 5.02 Å². The molecule has 4 heteroatoms. The lowest BCUT2D eigenvalue weighted by Crippen LogP contribution is -2.27. The second-order valence-corrected chi connectivity index (χ2v) is 5.91. The van der Waals surface area contributed by atoms with Gasteiger partial charge in [-0.05, 0) is 41.5 Å². The molecule has 3 rings (SSSR count). The van der Waals surface area contributed by atoms with Gasteiger partial charge in [0.15, 0.2) is 0 Å². The molecule has 0 spiro atoms. The third kappa shape index (κ3) is 3.15. The van der Waals surface area contributed by atoms with Gasteiger partial charge < -0.3 is 11.1 Å². The molecule has 3 nitrogen and oxygen atoms in total. The number of carbonyl (C=O) groups excluding carboxylic acids is 1. The SMILES string of the molecule is CC(NC(=O)c1cc(N)ccc1Cl)c1cccc2ccccc12. The molecule has 0 bridgehead atoms. The Kier molecular flexibility index (Phi) is 4.22. The first-order valence-corrected chi connectivity index (χ1v) is 7.77. The highest BCUT2D eigenvalue weighted by atomic mass is 35.5. The fourth-order valence-electron chi connectivity index (χ4n) is 2.70. The van der Waals surface area contributed by atoms with Crippen molar-refractivity contribution in [1.29, 1.82) is 0 Å². The Morgan fingerprint density at radius 2 is 1.83 bits per heavy atom. The van der Waals surface area contributed by atoms with Crippen molar-refractivity contribution < 1.29 is 4.79 Å². The van der Waals surface area contributed by atoms with Gasteiger partial charge in [-0.3, -0.25) is 4.79 Å². The van der Waals surface area contributed by atoms with Crippen molar-refractivity contribution in [3.05, 3.63) is 76.8 Å². The van der Waals surface area contributed by atoms with Crippen molar-refractivity contribution in [3.8, 4) is 0 Å². The van der Waals surface area contributed by atoms with Gasteiger partial charge in [0.2, 0.25) is 0 Å². The second-order valence-electron chi connectivity index (χ2n) is 5.50. The molecule has 3 aromatic carbocycles. The first-order chi connectivity index (χ1) is 11.1. The highest BCUT2D eigenvalue weighted by Crippen LogP contribution is 2.25. The van der Waals surface area contributed by atoms with Crippen LogP contribution in [0.1, 0.15) is 28.9 Å². The monoisotopic (exact) mass is 324 g/mol. The number of anilines is 1. The van der Waals surface area contributed by atoms with Crippen LogP contribution in [0.15, 0.2) is 60.7 Å². The molecule has 0 heterocycles. The first kappa shape index (κ1) is 15.4. The fourth-order valence-corrected chi connectivity index (χ4v) is 2.90. The van der Waals surface area contributed by atoms with Crippen molar-refractivity contribution in [2.24, 2.45) is 0 Å². The van der Waals surface area contributed by atoms with E-state index in [0.717, 1.165) is 16.3 Å². The summed E-state index contributed by atoms with van der Waals surface area (Å²) in [5.41, 5.74) is 7.71. The molecule has 0 aliphatic heterocycles. The normalized spacial score (nSPS) is 12.1. The standard InChI is InChI=1S/C19H17ClN2O/c1-12(15-8-4-6-13-5-2-3-7-16(13)15)22-19(23)17-11-14(21)9-10-18(17)20/h2-12H,21H2,1H3,(H,22,23). The predicted octanol–water partition coefficient (Wildman–Crippen LogP) is 4.57. The van der Waals surface area contributed by atoms with Crippen LogP contribution in [0.25, 0.3) is 10.8 Å². The second kappa shape index (κ2) is 6.31. The number of hydrogen-bond acceptors (Lipinski definition) is 2. The van der Waals surface area contributed by atoms with E-state index in [1.165, 1.54) is 0 Å². The summed E-state index contributed by atoms with van der Waals surface area (Å²) in [6, 6.07) is 18.9. The Morgan fingerprint density at radius 1 is 1.09 bits per heavy atom. The van der Waals surface area contributed by atoms with Crippen LogP contribution >= 0.6 is 11.6 Å². The van der Waals surface area contributed by atoms with Crippen LogP contribution in [0.5, 0.6) is 0 Å². The molecule has 3 N–H and O–H groups in total. The maximum absolute atomic E-state index is 12.5. The maximum Gasteiger partial charge on any atom is 0.253 e. The zero-order chi connectivity index (χ0) is 16.4. The highest BCUT2D eigenvalue weighted by molar-refractivity contribution is 6.34. The van der Waals surface area contributed by atoms with Gasteiger partial charge in [0.25, 0.3) is 5.91 Å². The Hall–Kier alpha value is -2.52. The Morgan fingerprint density at radius 3 is 2.65 bits per heavy atom. The first-order valence-electron chi connectivity index (χ1n) is 7.40. The smallest absolute Gasteiger partial charge is 0.253 e. The van der Waals surface area contributed by atoms with Crippen LogP contribution in [0, 0.1) is 0 Å². The van der Waals surface area contributed by atoms with E-state index in [-0.39, 0.29) is 11.9 Å². The number of nitrogen functional groups attached to an aromatic ring is 1. The molecule has 1 unspecified atom stereocenters. The molecule has 0 radical (unpaired) electrons. The third-order valence-corrected chi connectivity index (χ3v) is 4.20. The summed E-state index contributed by atoms with van der Waals surface area (Å²) < 4.78 is 0. The maximum atomic E-state index is 12.5. The van der Waals surface area contributed by atoms with Crippen molar-refractivity contribution >= 4 is 34.0 Å². The van der Waals surface area contributed by atoms with Crippen LogP contribution < -0.4 is 11.1 Å². The van der Waals surface area contributed by atoms with Gasteiger partial charge in [-0.25, -0.2) is 0 Å². The van der Waals surface area contributed by atoms with Gasteiger partial charge in [0.05, 0.1) is 16.6 Å². The van der Waals surface area contributed by atoms with Crippen molar-refractivity contribution in [3.63, 3.8) is 0 Å². The number of nitrogens with one attached hydrogen (secondary N) is 1. The molecule has 3 aromatic rings. The lowest BCUT2D eigenvalue weighted by molar-refractivity contribution is 0.0940. The summed E-state index contributed by atoms with van der Waals surface area (Å²) >= 11 is 6.10. The summed E-state index contributed by atoms with van der Waals surface area (Å²) in [5.74, 6) is -0.234.